The van der Waals surface area contributed by atoms with Crippen LogP contribution < -0.4 is 4.74 Å². The number of ether oxygens (including phenoxy) is 2. The molecule has 124 valence electrons. The predicted molar refractivity (Wildman–Crippen MR) is 87.4 cm³/mol. The van der Waals surface area contributed by atoms with Crippen molar-refractivity contribution in [3.8, 4) is 17.6 Å². The lowest BCUT2D eigenvalue weighted by atomic mass is 9.83. The first-order chi connectivity index (χ1) is 11.5. The Bertz CT molecular complexity index is 794. The molecule has 0 unspecified atom stereocenters. The van der Waals surface area contributed by atoms with Crippen molar-refractivity contribution in [2.24, 2.45) is 11.8 Å². The molecule has 0 saturated heterocycles. The summed E-state index contributed by atoms with van der Waals surface area (Å²) in [7, 11) is 1.52. The van der Waals surface area contributed by atoms with Crippen molar-refractivity contribution in [1.82, 2.24) is 0 Å². The number of benzene rings is 1. The second-order valence-electron chi connectivity index (χ2n) is 5.97. The minimum absolute atomic E-state index is 0.0291. The summed E-state index contributed by atoms with van der Waals surface area (Å²) in [6, 6.07) is 5.30. The van der Waals surface area contributed by atoms with Crippen molar-refractivity contribution in [3.05, 3.63) is 35.1 Å². The third kappa shape index (κ3) is 2.76. The Kier molecular flexibility index (Phi) is 4.30. The highest BCUT2D eigenvalue weighted by atomic mass is 16.7. The third-order valence-electron chi connectivity index (χ3n) is 4.60. The van der Waals surface area contributed by atoms with E-state index in [0.29, 0.717) is 23.3 Å². The van der Waals surface area contributed by atoms with Crippen LogP contribution in [0, 0.1) is 23.7 Å². The summed E-state index contributed by atoms with van der Waals surface area (Å²) in [6.07, 6.45) is 0.797. The first kappa shape index (κ1) is 16.1. The van der Waals surface area contributed by atoms with Gasteiger partial charge < -0.3 is 14.6 Å². The maximum Gasteiger partial charge on any atom is 0.511 e. The van der Waals surface area contributed by atoms with Crippen LogP contribution in [0.15, 0.2) is 24.0 Å². The first-order valence-electron chi connectivity index (χ1n) is 7.85. The molecule has 2 bridgehead atoms. The van der Waals surface area contributed by atoms with Gasteiger partial charge in [-0.3, -0.25) is 4.79 Å². The van der Waals surface area contributed by atoms with Crippen molar-refractivity contribution in [1.29, 1.82) is 0 Å². The molecule has 0 amide bonds. The molecular weight excluding hydrogens is 308 g/mol. The molecule has 5 nitrogen and oxygen atoms in total. The Morgan fingerprint density at radius 1 is 1.29 bits per heavy atom. The van der Waals surface area contributed by atoms with Gasteiger partial charge in [0.1, 0.15) is 11.5 Å². The lowest BCUT2D eigenvalue weighted by Crippen LogP contribution is -2.24. The fourth-order valence-electron chi connectivity index (χ4n) is 3.60. The Hall–Kier alpha value is -2.74. The number of carbonyl (C=O) groups excluding carboxylic acids is 1. The number of carbonyl (C=O) groups is 2. The molecule has 0 radical (unpaired) electrons. The molecule has 2 atom stereocenters. The molecule has 0 heterocycles. The number of allylic oxidation sites excluding steroid dienone is 2. The van der Waals surface area contributed by atoms with Crippen LogP contribution in [0.1, 0.15) is 37.3 Å². The van der Waals surface area contributed by atoms with Gasteiger partial charge in [-0.05, 0) is 44.4 Å². The van der Waals surface area contributed by atoms with E-state index in [4.69, 9.17) is 14.6 Å². The maximum atomic E-state index is 12.8. The summed E-state index contributed by atoms with van der Waals surface area (Å²) in [4.78, 5) is 23.9. The molecule has 2 aliphatic rings. The molecule has 1 aromatic rings. The van der Waals surface area contributed by atoms with Gasteiger partial charge in [0.05, 0.1) is 12.7 Å². The normalized spacial score (nSPS) is 22.0. The van der Waals surface area contributed by atoms with Crippen molar-refractivity contribution < 1.29 is 24.2 Å². The number of fused-ring (bicyclic) bond motifs is 2. The first-order valence-corrected chi connectivity index (χ1v) is 7.85. The zero-order valence-electron chi connectivity index (χ0n) is 13.6. The number of Topliss-reactive ketones (excluding diaryl/α,β-unsaturated/α-hetero) is 1. The fraction of sp³-hybridized carbons (Fsp3) is 0.368. The van der Waals surface area contributed by atoms with Gasteiger partial charge in [-0.25, -0.2) is 4.79 Å². The quantitative estimate of drug-likeness (QED) is 0.680. The van der Waals surface area contributed by atoms with E-state index in [9.17, 15) is 9.59 Å². The zero-order chi connectivity index (χ0) is 17.3. The molecule has 24 heavy (non-hydrogen) atoms. The lowest BCUT2D eigenvalue weighted by Gasteiger charge is -2.25. The molecule has 0 spiro atoms. The molecule has 3 rings (SSSR count). The van der Waals surface area contributed by atoms with E-state index in [0.717, 1.165) is 18.4 Å². The number of hydrogen-bond acceptors (Lipinski definition) is 4. The number of ketones is 1. The van der Waals surface area contributed by atoms with Crippen LogP contribution in [-0.4, -0.2) is 24.2 Å². The van der Waals surface area contributed by atoms with Crippen molar-refractivity contribution in [3.63, 3.8) is 0 Å². The van der Waals surface area contributed by atoms with E-state index in [1.165, 1.54) is 7.11 Å². The van der Waals surface area contributed by atoms with Gasteiger partial charge >= 0.3 is 6.16 Å². The Morgan fingerprint density at radius 3 is 2.71 bits per heavy atom. The van der Waals surface area contributed by atoms with E-state index < -0.39 is 6.16 Å². The Balaban J connectivity index is 2.17. The molecular formula is C19H18O5. The minimum Gasteiger partial charge on any atom is -0.496 e. The number of carboxylic acid groups (broad SMARTS) is 1. The summed E-state index contributed by atoms with van der Waals surface area (Å²) in [5.41, 5.74) is 1.67. The average Bonchev–Trinajstić information content (AvgIpc) is 3.00. The van der Waals surface area contributed by atoms with Crippen LogP contribution in [0.3, 0.4) is 0 Å². The number of hydrogen-bond donors (Lipinski definition) is 1. The summed E-state index contributed by atoms with van der Waals surface area (Å²) in [6.45, 7) is 1.74. The highest BCUT2D eigenvalue weighted by Crippen LogP contribution is 2.48. The van der Waals surface area contributed by atoms with Gasteiger partial charge in [0.25, 0.3) is 0 Å². The van der Waals surface area contributed by atoms with E-state index in [-0.39, 0.29) is 23.4 Å². The van der Waals surface area contributed by atoms with Crippen LogP contribution in [0.2, 0.25) is 0 Å². The van der Waals surface area contributed by atoms with Gasteiger partial charge in [-0.15, -0.1) is 5.92 Å². The Morgan fingerprint density at radius 2 is 2.04 bits per heavy atom. The van der Waals surface area contributed by atoms with Crippen LogP contribution in [-0.2, 0) is 9.53 Å². The van der Waals surface area contributed by atoms with Crippen molar-refractivity contribution >= 4 is 17.5 Å². The lowest BCUT2D eigenvalue weighted by molar-refractivity contribution is -0.117. The summed E-state index contributed by atoms with van der Waals surface area (Å²) in [5, 5.41) is 9.07. The monoisotopic (exact) mass is 326 g/mol. The highest BCUT2D eigenvalue weighted by Gasteiger charge is 2.43. The average molecular weight is 326 g/mol. The fourth-order valence-corrected chi connectivity index (χ4v) is 3.60. The van der Waals surface area contributed by atoms with E-state index in [2.05, 4.69) is 11.8 Å². The molecule has 0 aliphatic heterocycles. The van der Waals surface area contributed by atoms with Gasteiger partial charge in [0, 0.05) is 23.0 Å². The summed E-state index contributed by atoms with van der Waals surface area (Å²) in [5.74, 6) is 6.35. The van der Waals surface area contributed by atoms with Gasteiger partial charge in [0.2, 0.25) is 0 Å². The molecule has 1 aromatic carbocycles. The standard InChI is InChI=1S/C19H18O5/c1-3-4-11-5-8-14(15(9-11)23-2)16-17(20)12-6-7-13(10-12)18(16)24-19(21)22/h5,8-9,12-13H,6-7,10H2,1-2H3,(H,21,22)/t12-,13+/m0/s1. The van der Waals surface area contributed by atoms with Crippen LogP contribution in [0.25, 0.3) is 5.57 Å². The van der Waals surface area contributed by atoms with Crippen molar-refractivity contribution in [2.45, 2.75) is 26.2 Å². The highest BCUT2D eigenvalue weighted by molar-refractivity contribution is 6.24. The van der Waals surface area contributed by atoms with E-state index in [1.54, 1.807) is 25.1 Å². The third-order valence-corrected chi connectivity index (χ3v) is 4.60. The molecule has 0 aromatic heterocycles. The predicted octanol–water partition coefficient (Wildman–Crippen LogP) is 3.47. The van der Waals surface area contributed by atoms with Crippen molar-refractivity contribution in [2.75, 3.05) is 7.11 Å². The van der Waals surface area contributed by atoms with Crippen LogP contribution in [0.4, 0.5) is 4.79 Å². The number of methoxy groups -OCH3 is 1. The Labute approximate surface area is 140 Å². The molecule has 2 aliphatic carbocycles. The van der Waals surface area contributed by atoms with Crippen LogP contribution >= 0.6 is 0 Å². The SMILES string of the molecule is CC#Cc1ccc(C2=C(OC(=O)O)[C@@H]3CC[C@@H](C3)C2=O)c(OC)c1. The molecule has 1 saturated carbocycles. The smallest absolute Gasteiger partial charge is 0.496 e. The zero-order valence-corrected chi connectivity index (χ0v) is 13.6. The van der Waals surface area contributed by atoms with Crippen LogP contribution in [0.5, 0.6) is 5.75 Å². The van der Waals surface area contributed by atoms with E-state index in [1.807, 2.05) is 0 Å². The minimum atomic E-state index is -1.40. The van der Waals surface area contributed by atoms with Gasteiger partial charge in [0.15, 0.2) is 5.78 Å². The second kappa shape index (κ2) is 6.40. The summed E-state index contributed by atoms with van der Waals surface area (Å²) >= 11 is 0. The molecule has 5 heteroatoms. The van der Waals surface area contributed by atoms with Gasteiger partial charge in [-0.2, -0.15) is 0 Å². The maximum absolute atomic E-state index is 12.8. The largest absolute Gasteiger partial charge is 0.511 e. The van der Waals surface area contributed by atoms with Gasteiger partial charge in [-0.1, -0.05) is 5.92 Å². The summed E-state index contributed by atoms with van der Waals surface area (Å²) < 4.78 is 10.4. The number of rotatable bonds is 3. The topological polar surface area (TPSA) is 72.8 Å². The molecule has 1 fully saturated rings. The van der Waals surface area contributed by atoms with E-state index >= 15 is 0 Å². The molecule has 1 N–H and O–H groups in total. The second-order valence-corrected chi connectivity index (χ2v) is 5.97.